The smallest absolute Gasteiger partial charge is 0.246 e. The second kappa shape index (κ2) is 4.40. The summed E-state index contributed by atoms with van der Waals surface area (Å²) < 4.78 is 4.80. The highest BCUT2D eigenvalue weighted by molar-refractivity contribution is 6.05. The Bertz CT molecular complexity index is 389. The second-order valence-electron chi connectivity index (χ2n) is 3.59. The Labute approximate surface area is 91.8 Å². The lowest BCUT2D eigenvalue weighted by molar-refractivity contribution is -0.137. The van der Waals surface area contributed by atoms with Crippen molar-refractivity contribution >= 4 is 11.8 Å². The van der Waals surface area contributed by atoms with Crippen molar-refractivity contribution in [1.29, 1.82) is 0 Å². The van der Waals surface area contributed by atoms with Crippen LogP contribution in [0.5, 0.6) is 0 Å². The molecule has 2 amide bonds. The van der Waals surface area contributed by atoms with Gasteiger partial charge in [-0.05, 0) is 0 Å². The number of amides is 2. The van der Waals surface area contributed by atoms with E-state index in [1.807, 2.05) is 0 Å². The number of hydrogen-bond acceptors (Lipinski definition) is 6. The average Bonchev–Trinajstić information content (AvgIpc) is 2.85. The van der Waals surface area contributed by atoms with E-state index in [4.69, 9.17) is 4.52 Å². The van der Waals surface area contributed by atoms with Crippen molar-refractivity contribution in [2.45, 2.75) is 18.9 Å². The van der Waals surface area contributed by atoms with Crippen LogP contribution in [-0.2, 0) is 16.0 Å². The molecule has 7 nitrogen and oxygen atoms in total. The maximum atomic E-state index is 11.5. The Morgan fingerprint density at radius 2 is 2.44 bits per heavy atom. The summed E-state index contributed by atoms with van der Waals surface area (Å²) in [6.45, 7) is 0.528. The number of likely N-dealkylation sites (tertiary alicyclic amines) is 1. The van der Waals surface area contributed by atoms with Crippen LogP contribution in [0.3, 0.4) is 0 Å². The molecule has 0 aliphatic carbocycles. The molecule has 2 heterocycles. The van der Waals surface area contributed by atoms with Crippen molar-refractivity contribution in [2.75, 3.05) is 13.6 Å². The van der Waals surface area contributed by atoms with Crippen molar-refractivity contribution in [3.8, 4) is 0 Å². The van der Waals surface area contributed by atoms with Gasteiger partial charge in [-0.1, -0.05) is 5.16 Å². The third-order valence-corrected chi connectivity index (χ3v) is 2.52. The predicted octanol–water partition coefficient (Wildman–Crippen LogP) is -1.04. The predicted molar refractivity (Wildman–Crippen MR) is 52.2 cm³/mol. The molecule has 1 aromatic rings. The molecule has 1 saturated heterocycles. The van der Waals surface area contributed by atoms with Gasteiger partial charge < -0.3 is 9.84 Å². The van der Waals surface area contributed by atoms with Crippen LogP contribution in [0.2, 0.25) is 0 Å². The summed E-state index contributed by atoms with van der Waals surface area (Å²) in [5, 5.41) is 6.46. The molecule has 0 aromatic carbocycles. The van der Waals surface area contributed by atoms with Crippen LogP contribution in [0, 0.1) is 0 Å². The average molecular weight is 224 g/mol. The van der Waals surface area contributed by atoms with Gasteiger partial charge in [0.25, 0.3) is 0 Å². The van der Waals surface area contributed by atoms with Gasteiger partial charge in [-0.3, -0.25) is 14.5 Å². The largest absolute Gasteiger partial charge is 0.340 e. The van der Waals surface area contributed by atoms with Crippen LogP contribution in [0.1, 0.15) is 12.3 Å². The minimum Gasteiger partial charge on any atom is -0.340 e. The first-order chi connectivity index (χ1) is 7.68. The quantitative estimate of drug-likeness (QED) is 0.657. The number of rotatable bonds is 4. The summed E-state index contributed by atoms with van der Waals surface area (Å²) in [5.41, 5.74) is 0. The van der Waals surface area contributed by atoms with Gasteiger partial charge in [0.2, 0.25) is 17.7 Å². The normalized spacial score (nSPS) is 20.8. The van der Waals surface area contributed by atoms with E-state index in [0.717, 1.165) is 4.90 Å². The van der Waals surface area contributed by atoms with Gasteiger partial charge in [0.1, 0.15) is 0 Å². The Kier molecular flexibility index (Phi) is 2.95. The molecule has 1 atom stereocenters. The number of nitrogens with one attached hydrogen (secondary N) is 1. The van der Waals surface area contributed by atoms with E-state index in [-0.39, 0.29) is 18.2 Å². The molecule has 2 rings (SSSR count). The van der Waals surface area contributed by atoms with E-state index >= 15 is 0 Å². The van der Waals surface area contributed by atoms with Gasteiger partial charge in [-0.25, -0.2) is 0 Å². The van der Waals surface area contributed by atoms with Gasteiger partial charge in [0.05, 0.1) is 12.5 Å². The lowest BCUT2D eigenvalue weighted by Crippen LogP contribution is -2.38. The minimum absolute atomic E-state index is 0.153. The molecule has 1 unspecified atom stereocenters. The van der Waals surface area contributed by atoms with Gasteiger partial charge in [0, 0.05) is 20.0 Å². The maximum Gasteiger partial charge on any atom is 0.246 e. The molecule has 1 aliphatic rings. The van der Waals surface area contributed by atoms with E-state index in [0.29, 0.717) is 18.9 Å². The summed E-state index contributed by atoms with van der Waals surface area (Å²) in [4.78, 5) is 27.7. The topological polar surface area (TPSA) is 88.3 Å². The highest BCUT2D eigenvalue weighted by Crippen LogP contribution is 2.10. The van der Waals surface area contributed by atoms with Crippen LogP contribution < -0.4 is 5.32 Å². The van der Waals surface area contributed by atoms with Crippen molar-refractivity contribution in [3.63, 3.8) is 0 Å². The lowest BCUT2D eigenvalue weighted by Gasteiger charge is -2.09. The summed E-state index contributed by atoms with van der Waals surface area (Å²) in [6, 6.07) is -0.416. The minimum atomic E-state index is -0.416. The fraction of sp³-hybridized carbons (Fsp3) is 0.556. The monoisotopic (exact) mass is 224 g/mol. The fourth-order valence-electron chi connectivity index (χ4n) is 1.57. The van der Waals surface area contributed by atoms with Gasteiger partial charge in [-0.15, -0.1) is 0 Å². The first kappa shape index (κ1) is 10.7. The zero-order valence-corrected chi connectivity index (χ0v) is 8.84. The molecule has 7 heteroatoms. The number of hydrogen-bond donors (Lipinski definition) is 1. The van der Waals surface area contributed by atoms with Crippen LogP contribution >= 0.6 is 0 Å². The Balaban J connectivity index is 1.79. The Hall–Kier alpha value is -1.76. The number of carbonyl (C=O) groups excluding carboxylic acids is 2. The molecule has 16 heavy (non-hydrogen) atoms. The van der Waals surface area contributed by atoms with Crippen molar-refractivity contribution in [2.24, 2.45) is 0 Å². The van der Waals surface area contributed by atoms with E-state index in [2.05, 4.69) is 15.5 Å². The van der Waals surface area contributed by atoms with E-state index < -0.39 is 6.04 Å². The number of carbonyl (C=O) groups is 2. The van der Waals surface area contributed by atoms with Crippen molar-refractivity contribution in [1.82, 2.24) is 20.4 Å². The third-order valence-electron chi connectivity index (χ3n) is 2.52. The Morgan fingerprint density at radius 3 is 3.00 bits per heavy atom. The summed E-state index contributed by atoms with van der Waals surface area (Å²) in [5.74, 6) is 0.174. The highest BCUT2D eigenvalue weighted by Gasteiger charge is 2.35. The molecule has 1 fully saturated rings. The number of likely N-dealkylation sites (N-methyl/N-ethyl adjacent to an activating group) is 1. The summed E-state index contributed by atoms with van der Waals surface area (Å²) >= 11 is 0. The van der Waals surface area contributed by atoms with E-state index in [9.17, 15) is 9.59 Å². The highest BCUT2D eigenvalue weighted by atomic mass is 16.5. The van der Waals surface area contributed by atoms with Gasteiger partial charge in [-0.2, -0.15) is 4.98 Å². The van der Waals surface area contributed by atoms with Gasteiger partial charge in [0.15, 0.2) is 6.33 Å². The first-order valence-electron chi connectivity index (χ1n) is 4.98. The number of imide groups is 1. The summed E-state index contributed by atoms with van der Waals surface area (Å²) in [6.07, 6.45) is 2.09. The van der Waals surface area contributed by atoms with Crippen LogP contribution in [0.4, 0.5) is 0 Å². The zero-order chi connectivity index (χ0) is 11.5. The molecule has 1 N–H and O–H groups in total. The van der Waals surface area contributed by atoms with Crippen molar-refractivity contribution < 1.29 is 14.1 Å². The van der Waals surface area contributed by atoms with E-state index in [1.54, 1.807) is 0 Å². The molecule has 86 valence electrons. The molecule has 0 bridgehead atoms. The number of nitrogens with zero attached hydrogens (tertiary/aromatic N) is 3. The standard InChI is InChI=1S/C9H12N4O3/c1-13-8(14)4-6(9(13)15)10-3-2-7-11-5-12-16-7/h5-6,10H,2-4H2,1H3. The second-order valence-corrected chi connectivity index (χ2v) is 3.59. The fourth-order valence-corrected chi connectivity index (χ4v) is 1.57. The molecule has 0 saturated carbocycles. The maximum absolute atomic E-state index is 11.5. The van der Waals surface area contributed by atoms with Crippen LogP contribution in [-0.4, -0.2) is 46.5 Å². The SMILES string of the molecule is CN1C(=O)CC(NCCc2ncno2)C1=O. The molecule has 0 spiro atoms. The third kappa shape index (κ3) is 2.08. The van der Waals surface area contributed by atoms with E-state index in [1.165, 1.54) is 13.4 Å². The van der Waals surface area contributed by atoms with Crippen LogP contribution in [0.25, 0.3) is 0 Å². The number of aromatic nitrogens is 2. The molecule has 0 radical (unpaired) electrons. The van der Waals surface area contributed by atoms with Gasteiger partial charge >= 0.3 is 0 Å². The molecule has 1 aliphatic heterocycles. The Morgan fingerprint density at radius 1 is 1.62 bits per heavy atom. The van der Waals surface area contributed by atoms with Crippen LogP contribution in [0.15, 0.2) is 10.9 Å². The molecular formula is C9H12N4O3. The zero-order valence-electron chi connectivity index (χ0n) is 8.84. The lowest BCUT2D eigenvalue weighted by atomic mass is 10.2. The first-order valence-corrected chi connectivity index (χ1v) is 4.98. The van der Waals surface area contributed by atoms with Crippen molar-refractivity contribution in [3.05, 3.63) is 12.2 Å². The summed E-state index contributed by atoms with van der Waals surface area (Å²) in [7, 11) is 1.49. The molecular weight excluding hydrogens is 212 g/mol. The molecule has 1 aromatic heterocycles.